The van der Waals surface area contributed by atoms with Gasteiger partial charge in [-0.3, -0.25) is 9.98 Å². The number of nitrogens with zero attached hydrogens (tertiary/aromatic N) is 5. The molecular formula is C24H36FeGdN5O16. The molecule has 0 aliphatic heterocycles. The maximum Gasteiger partial charge on any atom is 3.00 e. The van der Waals surface area contributed by atoms with Gasteiger partial charge in [-0.15, -0.1) is 0 Å². The van der Waals surface area contributed by atoms with E-state index in [1.807, 2.05) is 13.8 Å². The fourth-order valence-corrected chi connectivity index (χ4v) is 2.42. The first-order valence-electron chi connectivity index (χ1n) is 11.5. The Morgan fingerprint density at radius 3 is 1.11 bits per heavy atom. The molecule has 3 N–H and O–H groups in total. The fourth-order valence-electron chi connectivity index (χ4n) is 2.42. The van der Waals surface area contributed by atoms with Crippen molar-refractivity contribution in [3.05, 3.63) is 93.5 Å². The number of rotatable bonds is 8. The molecule has 0 bridgehead atoms. The number of ether oxygens (including phenoxy) is 2. The zero-order chi connectivity index (χ0) is 36.6. The van der Waals surface area contributed by atoms with E-state index in [-0.39, 0.29) is 73.9 Å². The van der Waals surface area contributed by atoms with Gasteiger partial charge in [-0.2, -0.15) is 0 Å². The van der Waals surface area contributed by atoms with Crippen LogP contribution in [0.25, 0.3) is 0 Å². The minimum Gasteiger partial charge on any atom is -0.870 e. The van der Waals surface area contributed by atoms with Crippen molar-refractivity contribution in [3.8, 4) is 23.0 Å². The molecular weight excluding hydrogens is 827 g/mol. The number of benzene rings is 2. The summed E-state index contributed by atoms with van der Waals surface area (Å²) in [5.41, 5.74) is 0.749. The van der Waals surface area contributed by atoms with Crippen LogP contribution in [0.1, 0.15) is 25.0 Å². The van der Waals surface area contributed by atoms with Crippen LogP contribution in [-0.2, 0) is 17.1 Å². The summed E-state index contributed by atoms with van der Waals surface area (Å²) in [6.45, 7) is 5.02. The van der Waals surface area contributed by atoms with Gasteiger partial charge in [0.1, 0.15) is 11.5 Å². The van der Waals surface area contributed by atoms with E-state index in [0.29, 0.717) is 35.7 Å². The Labute approximate surface area is 312 Å². The summed E-state index contributed by atoms with van der Waals surface area (Å²) in [5.74, 6) is 0.241. The second kappa shape index (κ2) is 38.5. The summed E-state index contributed by atoms with van der Waals surface area (Å²) >= 11 is 0. The molecule has 0 aromatic heterocycles. The van der Waals surface area contributed by atoms with Crippen molar-refractivity contribution in [2.75, 3.05) is 48.6 Å². The SMILES string of the molecule is CO.CO.CO.COc1cccc(C=NCC(C)(C)CN=Cc2cccc(OC)c2[O-])c1[O-].O=[N+]([O-])[O-].O=[N+]([O-])[O-].O=[N+]([O-])[O-].[Fe+3].[Gd+2]. The van der Waals surface area contributed by atoms with Crippen molar-refractivity contribution < 1.29 is 107 Å². The molecule has 0 amide bonds. The zero-order valence-corrected chi connectivity index (χ0v) is 29.5. The van der Waals surface area contributed by atoms with Crippen molar-refractivity contribution in [1.82, 2.24) is 0 Å². The zero-order valence-electron chi connectivity index (χ0n) is 26.1. The van der Waals surface area contributed by atoms with Crippen LogP contribution >= 0.6 is 0 Å². The van der Waals surface area contributed by atoms with Crippen LogP contribution in [0.15, 0.2) is 46.4 Å². The first-order chi connectivity index (χ1) is 21.1. The summed E-state index contributed by atoms with van der Waals surface area (Å²) in [6.07, 6.45) is 3.13. The Balaban J connectivity index is -0.000000134. The van der Waals surface area contributed by atoms with Crippen LogP contribution in [0.5, 0.6) is 23.0 Å². The number of aliphatic imine (C=N–C) groups is 2. The molecule has 0 unspecified atom stereocenters. The number of hydrogen-bond donors (Lipinski definition) is 3. The van der Waals surface area contributed by atoms with Gasteiger partial charge in [0.05, 0.1) is 29.5 Å². The monoisotopic (exact) mass is 864 g/mol. The van der Waals surface area contributed by atoms with Gasteiger partial charge in [0, 0.05) is 52.3 Å². The summed E-state index contributed by atoms with van der Waals surface area (Å²) in [4.78, 5) is 33.5. The van der Waals surface area contributed by atoms with E-state index in [0.717, 1.165) is 21.3 Å². The van der Waals surface area contributed by atoms with Gasteiger partial charge in [-0.25, -0.2) is 0 Å². The predicted molar refractivity (Wildman–Crippen MR) is 159 cm³/mol. The van der Waals surface area contributed by atoms with Crippen LogP contribution in [0.3, 0.4) is 0 Å². The predicted octanol–water partition coefficient (Wildman–Crippen LogP) is 0.521. The summed E-state index contributed by atoms with van der Waals surface area (Å²) in [5, 5.41) is 89.4. The summed E-state index contributed by atoms with van der Waals surface area (Å²) in [6, 6.07) is 10.2. The number of hydrogen-bond acceptors (Lipinski definition) is 18. The van der Waals surface area contributed by atoms with Crippen molar-refractivity contribution in [3.63, 3.8) is 0 Å². The molecule has 0 heterocycles. The third kappa shape index (κ3) is 38.4. The van der Waals surface area contributed by atoms with Crippen LogP contribution in [-0.4, -0.2) is 91.6 Å². The van der Waals surface area contributed by atoms with E-state index in [9.17, 15) is 10.2 Å². The molecule has 0 aliphatic rings. The third-order valence-corrected chi connectivity index (χ3v) is 3.96. The Kier molecular flexibility index (Phi) is 48.2. The Morgan fingerprint density at radius 2 is 0.894 bits per heavy atom. The van der Waals surface area contributed by atoms with Gasteiger partial charge in [0.15, 0.2) is 0 Å². The Bertz CT molecular complexity index is 1040. The first kappa shape index (κ1) is 58.8. The minimum atomic E-state index is -1.75. The van der Waals surface area contributed by atoms with E-state index >= 15 is 0 Å². The fraction of sp³-hybridized carbons (Fsp3) is 0.417. The molecule has 2 aromatic rings. The van der Waals surface area contributed by atoms with Crippen LogP contribution in [0, 0.1) is 91.3 Å². The first-order valence-corrected chi connectivity index (χ1v) is 11.5. The molecule has 0 aliphatic carbocycles. The van der Waals surface area contributed by atoms with Gasteiger partial charge in [0.2, 0.25) is 0 Å². The minimum absolute atomic E-state index is 0. The normalized spacial score (nSPS) is 8.81. The van der Waals surface area contributed by atoms with Gasteiger partial charge >= 0.3 is 57.0 Å². The van der Waals surface area contributed by atoms with Crippen molar-refractivity contribution in [1.29, 1.82) is 0 Å². The Hall–Kier alpha value is -3.70. The quantitative estimate of drug-likeness (QED) is 0.141. The number of para-hydroxylation sites is 2. The molecule has 0 saturated carbocycles. The van der Waals surface area contributed by atoms with Crippen molar-refractivity contribution >= 4 is 12.4 Å². The Morgan fingerprint density at radius 1 is 0.660 bits per heavy atom. The molecule has 0 fully saturated rings. The maximum atomic E-state index is 12.1. The second-order valence-corrected chi connectivity index (χ2v) is 7.53. The molecule has 0 spiro atoms. The standard InChI is InChI=1S/C21H26N2O4.3CH4O.Fe.Gd.3NO3/c1-21(2,13-22-11-15-7-5-9-17(26-3)19(15)24)14-23-12-16-8-6-10-18(27-4)20(16)25;3*1-2;;;3*2-1(3)4/h5-12,24-25H,13-14H2,1-4H3;3*2H,1H3;;;;;/q;;;;+3;+2;3*-1/p-2. The van der Waals surface area contributed by atoms with E-state index in [1.165, 1.54) is 14.2 Å². The molecule has 2 rings (SSSR count). The number of aliphatic hydroxyl groups excluding tert-OH is 3. The van der Waals surface area contributed by atoms with Crippen molar-refractivity contribution in [2.24, 2.45) is 15.4 Å². The molecule has 47 heavy (non-hydrogen) atoms. The smallest absolute Gasteiger partial charge is 0.870 e. The topological polar surface area (TPSA) is 349 Å². The average molecular weight is 864 g/mol. The number of methoxy groups -OCH3 is 2. The van der Waals surface area contributed by atoms with Crippen LogP contribution < -0.4 is 19.7 Å². The van der Waals surface area contributed by atoms with Gasteiger partial charge in [-0.05, 0) is 23.3 Å². The van der Waals surface area contributed by atoms with E-state index in [4.69, 9.17) is 70.8 Å². The van der Waals surface area contributed by atoms with Crippen LogP contribution in [0.4, 0.5) is 0 Å². The summed E-state index contributed by atoms with van der Waals surface area (Å²) in [7, 11) is 5.93. The summed E-state index contributed by atoms with van der Waals surface area (Å²) < 4.78 is 10.1. The molecule has 269 valence electrons. The molecule has 2 aromatic carbocycles. The van der Waals surface area contributed by atoms with E-state index < -0.39 is 15.3 Å². The van der Waals surface area contributed by atoms with Crippen LogP contribution in [0.2, 0.25) is 0 Å². The largest absolute Gasteiger partial charge is 3.00 e. The molecule has 1 radical (unpaired) electrons. The van der Waals surface area contributed by atoms with Gasteiger partial charge < -0.3 is 81.0 Å². The van der Waals surface area contributed by atoms with Crippen molar-refractivity contribution in [2.45, 2.75) is 13.8 Å². The molecule has 0 atom stereocenters. The van der Waals surface area contributed by atoms with Gasteiger partial charge in [-0.1, -0.05) is 49.6 Å². The van der Waals surface area contributed by atoms with E-state index in [2.05, 4.69) is 9.98 Å². The second-order valence-electron chi connectivity index (χ2n) is 7.53. The maximum absolute atomic E-state index is 12.1. The van der Waals surface area contributed by atoms with E-state index in [1.54, 1.807) is 48.8 Å². The number of aliphatic hydroxyl groups is 3. The third-order valence-electron chi connectivity index (χ3n) is 3.96. The molecule has 0 saturated heterocycles. The average Bonchev–Trinajstić information content (AvgIpc) is 2.97. The molecule has 23 heteroatoms. The van der Waals surface area contributed by atoms with Gasteiger partial charge in [0.25, 0.3) is 0 Å². The molecule has 21 nitrogen and oxygen atoms in total.